The van der Waals surface area contributed by atoms with E-state index in [0.29, 0.717) is 36.2 Å². The molecule has 0 spiro atoms. The third-order valence-corrected chi connectivity index (χ3v) is 5.84. The van der Waals surface area contributed by atoms with Crippen molar-refractivity contribution in [2.75, 3.05) is 26.7 Å². The van der Waals surface area contributed by atoms with Crippen LogP contribution in [0.25, 0.3) is 0 Å². The topological polar surface area (TPSA) is 91.6 Å². The minimum Gasteiger partial charge on any atom is -0.356 e. The number of aryl methyl sites for hydroxylation is 1. The van der Waals surface area contributed by atoms with Gasteiger partial charge >= 0.3 is 15.5 Å². The van der Waals surface area contributed by atoms with Crippen molar-refractivity contribution >= 4 is 40.0 Å². The zero-order valence-electron chi connectivity index (χ0n) is 15.0. The van der Waals surface area contributed by atoms with E-state index in [1.807, 2.05) is 13.2 Å². The maximum atomic E-state index is 12.6. The fourth-order valence-corrected chi connectivity index (χ4v) is 3.70. The molecule has 1 aromatic rings. The summed E-state index contributed by atoms with van der Waals surface area (Å²) in [5.41, 5.74) is -4.25. The molecule has 0 aliphatic carbocycles. The summed E-state index contributed by atoms with van der Waals surface area (Å²) in [6.07, 6.45) is 4.33. The van der Waals surface area contributed by atoms with Crippen molar-refractivity contribution < 1.29 is 21.6 Å². The quantitative estimate of drug-likeness (QED) is 0.344. The Hall–Kier alpha value is -1.09. The van der Waals surface area contributed by atoms with Crippen LogP contribution < -0.4 is 10.6 Å². The predicted molar refractivity (Wildman–Crippen MR) is 106 cm³/mol. The van der Waals surface area contributed by atoms with Gasteiger partial charge in [0.2, 0.25) is 0 Å². The second-order valence-corrected chi connectivity index (χ2v) is 8.05. The van der Waals surface area contributed by atoms with Gasteiger partial charge in [-0.1, -0.05) is 0 Å². The highest BCUT2D eigenvalue weighted by atomic mass is 127. The minimum atomic E-state index is -5.24. The first-order chi connectivity index (χ1) is 12.1. The number of hydrogen-bond acceptors (Lipinski definition) is 4. The van der Waals surface area contributed by atoms with Crippen LogP contribution in [0.1, 0.15) is 18.4 Å². The van der Waals surface area contributed by atoms with Gasteiger partial charge in [0.05, 0.1) is 6.20 Å². The summed E-state index contributed by atoms with van der Waals surface area (Å²) in [5, 5.41) is 10.3. The Kier molecular flexibility index (Phi) is 8.79. The minimum absolute atomic E-state index is 0. The molecule has 1 aromatic heterocycles. The molecule has 0 aromatic carbocycles. The number of sulfonamides is 1. The molecule has 1 aliphatic rings. The summed E-state index contributed by atoms with van der Waals surface area (Å²) in [4.78, 5) is 4.09. The molecule has 2 N–H and O–H groups in total. The third-order valence-electron chi connectivity index (χ3n) is 4.21. The number of alkyl halides is 3. The van der Waals surface area contributed by atoms with E-state index >= 15 is 0 Å². The standard InChI is InChI=1S/C14H23F3N6O2S.HI/c1-18-13(20-8-12-9-21-22(2)10-12)19-7-11-3-5-23(6-4-11)26(24,25)14(15,16)17;/h9-11H,3-8H2,1-2H3,(H2,18,19,20);1H. The van der Waals surface area contributed by atoms with E-state index in [1.165, 1.54) is 0 Å². The van der Waals surface area contributed by atoms with Gasteiger partial charge in [-0.15, -0.1) is 24.0 Å². The van der Waals surface area contributed by atoms with E-state index in [-0.39, 0.29) is 43.0 Å². The lowest BCUT2D eigenvalue weighted by atomic mass is 9.98. The van der Waals surface area contributed by atoms with Crippen molar-refractivity contribution in [2.45, 2.75) is 24.9 Å². The number of aromatic nitrogens is 2. The van der Waals surface area contributed by atoms with Crippen molar-refractivity contribution in [3.63, 3.8) is 0 Å². The second kappa shape index (κ2) is 9.91. The molecule has 2 heterocycles. The Bertz CT molecular complexity index is 729. The lowest BCUT2D eigenvalue weighted by Gasteiger charge is -2.31. The van der Waals surface area contributed by atoms with Gasteiger partial charge in [-0.3, -0.25) is 9.67 Å². The molecule has 0 atom stereocenters. The molecule has 1 aliphatic heterocycles. The highest BCUT2D eigenvalue weighted by Gasteiger charge is 2.50. The van der Waals surface area contributed by atoms with Crippen LogP contribution in [-0.2, 0) is 23.6 Å². The molecule has 0 saturated carbocycles. The SMILES string of the molecule is CN=C(NCc1cnn(C)c1)NCC1CCN(S(=O)(=O)C(F)(F)F)CC1.I. The smallest absolute Gasteiger partial charge is 0.356 e. The van der Waals surface area contributed by atoms with Crippen LogP contribution in [0.3, 0.4) is 0 Å². The number of piperidine rings is 1. The van der Waals surface area contributed by atoms with Gasteiger partial charge in [-0.2, -0.15) is 22.6 Å². The Morgan fingerprint density at radius 3 is 2.44 bits per heavy atom. The average molecular weight is 524 g/mol. The molecule has 27 heavy (non-hydrogen) atoms. The van der Waals surface area contributed by atoms with Crippen LogP contribution in [0.5, 0.6) is 0 Å². The van der Waals surface area contributed by atoms with Crippen molar-refractivity contribution in [3.8, 4) is 0 Å². The molecule has 0 radical (unpaired) electrons. The fraction of sp³-hybridized carbons (Fsp3) is 0.714. The molecule has 0 amide bonds. The highest BCUT2D eigenvalue weighted by Crippen LogP contribution is 2.30. The normalized spacial score (nSPS) is 17.4. The van der Waals surface area contributed by atoms with E-state index < -0.39 is 15.5 Å². The molecule has 0 bridgehead atoms. The number of guanidine groups is 1. The van der Waals surface area contributed by atoms with Gasteiger partial charge in [0.25, 0.3) is 0 Å². The Labute approximate surface area is 173 Å². The van der Waals surface area contributed by atoms with E-state index in [4.69, 9.17) is 0 Å². The molecular weight excluding hydrogens is 500 g/mol. The van der Waals surface area contributed by atoms with Gasteiger partial charge in [0.1, 0.15) is 0 Å². The Morgan fingerprint density at radius 2 is 1.96 bits per heavy atom. The maximum absolute atomic E-state index is 12.6. The number of rotatable bonds is 5. The summed E-state index contributed by atoms with van der Waals surface area (Å²) >= 11 is 0. The predicted octanol–water partition coefficient (Wildman–Crippen LogP) is 1.26. The van der Waals surface area contributed by atoms with Crippen molar-refractivity contribution in [1.29, 1.82) is 0 Å². The maximum Gasteiger partial charge on any atom is 0.511 e. The first-order valence-electron chi connectivity index (χ1n) is 8.12. The zero-order chi connectivity index (χ0) is 19.4. The monoisotopic (exact) mass is 524 g/mol. The molecule has 1 fully saturated rings. The summed E-state index contributed by atoms with van der Waals surface area (Å²) in [6, 6.07) is 0. The van der Waals surface area contributed by atoms with Crippen LogP contribution in [0.15, 0.2) is 17.4 Å². The molecule has 8 nitrogen and oxygen atoms in total. The van der Waals surface area contributed by atoms with E-state index in [2.05, 4.69) is 20.7 Å². The van der Waals surface area contributed by atoms with Gasteiger partial charge in [0, 0.05) is 52.0 Å². The number of hydrogen-bond donors (Lipinski definition) is 2. The number of nitrogens with one attached hydrogen (secondary N) is 2. The number of aliphatic imine (C=N–C) groups is 1. The van der Waals surface area contributed by atoms with Crippen LogP contribution in [0, 0.1) is 5.92 Å². The van der Waals surface area contributed by atoms with E-state index in [0.717, 1.165) is 5.56 Å². The van der Waals surface area contributed by atoms with Crippen molar-refractivity contribution in [3.05, 3.63) is 18.0 Å². The average Bonchev–Trinajstić information content (AvgIpc) is 3.00. The van der Waals surface area contributed by atoms with Crippen molar-refractivity contribution in [2.24, 2.45) is 18.0 Å². The van der Waals surface area contributed by atoms with Gasteiger partial charge in [-0.25, -0.2) is 8.42 Å². The molecule has 0 unspecified atom stereocenters. The zero-order valence-corrected chi connectivity index (χ0v) is 18.2. The van der Waals surface area contributed by atoms with Gasteiger partial charge in [0.15, 0.2) is 5.96 Å². The number of nitrogens with zero attached hydrogens (tertiary/aromatic N) is 4. The van der Waals surface area contributed by atoms with E-state index in [1.54, 1.807) is 17.9 Å². The second-order valence-electron chi connectivity index (χ2n) is 6.12. The molecular formula is C14H24F3IN6O2S. The van der Waals surface area contributed by atoms with E-state index in [9.17, 15) is 21.6 Å². The molecule has 156 valence electrons. The van der Waals surface area contributed by atoms with Crippen LogP contribution >= 0.6 is 24.0 Å². The van der Waals surface area contributed by atoms with Crippen LogP contribution in [-0.4, -0.2) is 60.7 Å². The molecule has 1 saturated heterocycles. The summed E-state index contributed by atoms with van der Waals surface area (Å²) < 4.78 is 62.7. The fourth-order valence-electron chi connectivity index (χ4n) is 2.71. The first kappa shape index (κ1) is 23.9. The first-order valence-corrected chi connectivity index (χ1v) is 9.56. The van der Waals surface area contributed by atoms with Crippen LogP contribution in [0.4, 0.5) is 13.2 Å². The third kappa shape index (κ3) is 6.48. The lowest BCUT2D eigenvalue weighted by Crippen LogP contribution is -2.47. The summed E-state index contributed by atoms with van der Waals surface area (Å²) in [7, 11) is -1.78. The summed E-state index contributed by atoms with van der Waals surface area (Å²) in [6.45, 7) is 0.786. The number of halogens is 4. The molecule has 2 rings (SSSR count). The summed E-state index contributed by atoms with van der Waals surface area (Å²) in [5.74, 6) is 0.644. The highest BCUT2D eigenvalue weighted by molar-refractivity contribution is 14.0. The van der Waals surface area contributed by atoms with Gasteiger partial charge < -0.3 is 10.6 Å². The Balaban J connectivity index is 0.00000364. The lowest BCUT2D eigenvalue weighted by molar-refractivity contribution is -0.0496. The molecule has 13 heteroatoms. The van der Waals surface area contributed by atoms with Crippen molar-refractivity contribution in [1.82, 2.24) is 24.7 Å². The van der Waals surface area contributed by atoms with Gasteiger partial charge in [-0.05, 0) is 18.8 Å². The largest absolute Gasteiger partial charge is 0.511 e. The Morgan fingerprint density at radius 1 is 1.33 bits per heavy atom. The van der Waals surface area contributed by atoms with Crippen LogP contribution in [0.2, 0.25) is 0 Å².